The molecule has 1 N–H and O–H groups in total. The summed E-state index contributed by atoms with van der Waals surface area (Å²) in [6, 6.07) is 0. The Kier molecular flexibility index (Phi) is 5.99. The number of hydrogen-bond donors (Lipinski definition) is 1. The molecule has 1 aliphatic heterocycles. The fourth-order valence-corrected chi connectivity index (χ4v) is 2.57. The molecule has 1 saturated carbocycles. The van der Waals surface area contributed by atoms with Gasteiger partial charge in [-0.25, -0.2) is 0 Å². The van der Waals surface area contributed by atoms with Crippen LogP contribution in [0.25, 0.3) is 0 Å². The summed E-state index contributed by atoms with van der Waals surface area (Å²) in [5, 5.41) is 2.88. The van der Waals surface area contributed by atoms with E-state index >= 15 is 0 Å². The number of ether oxygens (including phenoxy) is 2. The quantitative estimate of drug-likeness (QED) is 0.403. The van der Waals surface area contributed by atoms with Gasteiger partial charge < -0.3 is 14.8 Å². The van der Waals surface area contributed by atoms with Gasteiger partial charge in [-0.3, -0.25) is 14.5 Å². The van der Waals surface area contributed by atoms with E-state index in [1.165, 1.54) is 0 Å². The molecule has 0 aromatic heterocycles. The second-order valence-electron chi connectivity index (χ2n) is 5.72. The monoisotopic (exact) mass is 298 g/mol. The zero-order valence-electron chi connectivity index (χ0n) is 12.9. The van der Waals surface area contributed by atoms with Gasteiger partial charge in [-0.15, -0.1) is 0 Å². The number of unbranched alkanes of at least 4 members (excludes halogenated alkanes) is 1. The Bertz CT molecular complexity index is 363. The van der Waals surface area contributed by atoms with Crippen molar-refractivity contribution >= 4 is 11.9 Å². The van der Waals surface area contributed by atoms with E-state index in [2.05, 4.69) is 10.2 Å². The third-order valence-electron chi connectivity index (χ3n) is 4.14. The van der Waals surface area contributed by atoms with Crippen LogP contribution in [0.4, 0.5) is 0 Å². The van der Waals surface area contributed by atoms with E-state index in [1.807, 2.05) is 0 Å². The standard InChI is InChI=1S/C15H26N2O4/c1-2-21-14(19)15(5-6-15)13(18)16-7-3-4-8-17-9-11-20-12-10-17/h2-12H2,1H3,(H,16,18). The molecule has 0 unspecified atom stereocenters. The predicted octanol–water partition coefficient (Wildman–Crippen LogP) is 0.558. The van der Waals surface area contributed by atoms with Crippen molar-refractivity contribution in [3.8, 4) is 0 Å². The fourth-order valence-electron chi connectivity index (χ4n) is 2.57. The van der Waals surface area contributed by atoms with Gasteiger partial charge in [0.1, 0.15) is 5.41 Å². The van der Waals surface area contributed by atoms with Gasteiger partial charge in [0.2, 0.25) is 5.91 Å². The van der Waals surface area contributed by atoms with Crippen molar-refractivity contribution < 1.29 is 19.1 Å². The topological polar surface area (TPSA) is 67.9 Å². The van der Waals surface area contributed by atoms with Crippen LogP contribution in [0.1, 0.15) is 32.6 Å². The summed E-state index contributed by atoms with van der Waals surface area (Å²) in [7, 11) is 0. The van der Waals surface area contributed by atoms with Crippen molar-refractivity contribution in [3.63, 3.8) is 0 Å². The van der Waals surface area contributed by atoms with Crippen LogP contribution < -0.4 is 5.32 Å². The van der Waals surface area contributed by atoms with Crippen LogP contribution in [0.2, 0.25) is 0 Å². The van der Waals surface area contributed by atoms with Gasteiger partial charge in [0.25, 0.3) is 0 Å². The highest BCUT2D eigenvalue weighted by Crippen LogP contribution is 2.47. The first-order chi connectivity index (χ1) is 10.2. The Balaban J connectivity index is 1.58. The first kappa shape index (κ1) is 16.2. The molecule has 6 nitrogen and oxygen atoms in total. The molecule has 2 aliphatic rings. The van der Waals surface area contributed by atoms with Crippen molar-refractivity contribution in [1.29, 1.82) is 0 Å². The van der Waals surface area contributed by atoms with Crippen LogP contribution in [-0.4, -0.2) is 62.8 Å². The summed E-state index contributed by atoms with van der Waals surface area (Å²) >= 11 is 0. The molecular weight excluding hydrogens is 272 g/mol. The van der Waals surface area contributed by atoms with E-state index < -0.39 is 5.41 Å². The molecule has 1 heterocycles. The smallest absolute Gasteiger partial charge is 0.321 e. The summed E-state index contributed by atoms with van der Waals surface area (Å²) in [5.41, 5.74) is -0.875. The maximum Gasteiger partial charge on any atom is 0.321 e. The van der Waals surface area contributed by atoms with Crippen LogP contribution in [-0.2, 0) is 19.1 Å². The molecule has 0 radical (unpaired) electrons. The summed E-state index contributed by atoms with van der Waals surface area (Å²) in [5.74, 6) is -0.525. The highest BCUT2D eigenvalue weighted by molar-refractivity contribution is 6.05. The number of carbonyl (C=O) groups excluding carboxylic acids is 2. The van der Waals surface area contributed by atoms with Gasteiger partial charge in [0.15, 0.2) is 0 Å². The minimum atomic E-state index is -0.875. The maximum atomic E-state index is 12.1. The molecule has 0 atom stereocenters. The second-order valence-corrected chi connectivity index (χ2v) is 5.72. The highest BCUT2D eigenvalue weighted by atomic mass is 16.5. The predicted molar refractivity (Wildman–Crippen MR) is 77.8 cm³/mol. The lowest BCUT2D eigenvalue weighted by Crippen LogP contribution is -2.39. The summed E-state index contributed by atoms with van der Waals surface area (Å²) in [4.78, 5) is 26.2. The molecule has 0 spiro atoms. The lowest BCUT2D eigenvalue weighted by Gasteiger charge is -2.26. The van der Waals surface area contributed by atoms with E-state index in [-0.39, 0.29) is 11.9 Å². The number of rotatable bonds is 8. The lowest BCUT2D eigenvalue weighted by atomic mass is 10.1. The van der Waals surface area contributed by atoms with Crippen molar-refractivity contribution in [1.82, 2.24) is 10.2 Å². The molecule has 0 aromatic carbocycles. The van der Waals surface area contributed by atoms with Gasteiger partial charge in [0.05, 0.1) is 19.8 Å². The van der Waals surface area contributed by atoms with E-state index in [1.54, 1.807) is 6.92 Å². The molecule has 21 heavy (non-hydrogen) atoms. The van der Waals surface area contributed by atoms with Crippen LogP contribution in [0.5, 0.6) is 0 Å². The number of nitrogens with zero attached hydrogens (tertiary/aromatic N) is 1. The van der Waals surface area contributed by atoms with Gasteiger partial charge >= 0.3 is 5.97 Å². The minimum absolute atomic E-state index is 0.160. The molecule has 0 aromatic rings. The van der Waals surface area contributed by atoms with Gasteiger partial charge in [-0.2, -0.15) is 0 Å². The molecule has 1 amide bonds. The molecule has 1 saturated heterocycles. The van der Waals surface area contributed by atoms with E-state index in [9.17, 15) is 9.59 Å². The Morgan fingerprint density at radius 1 is 1.24 bits per heavy atom. The van der Waals surface area contributed by atoms with E-state index in [4.69, 9.17) is 9.47 Å². The first-order valence-corrected chi connectivity index (χ1v) is 7.94. The average Bonchev–Trinajstić information content (AvgIpc) is 3.30. The molecule has 2 fully saturated rings. The van der Waals surface area contributed by atoms with Crippen molar-refractivity contribution in [3.05, 3.63) is 0 Å². The molecule has 0 bridgehead atoms. The number of esters is 1. The number of amides is 1. The normalized spacial score (nSPS) is 20.8. The number of carbonyl (C=O) groups is 2. The molecular formula is C15H26N2O4. The summed E-state index contributed by atoms with van der Waals surface area (Å²) in [6.45, 7) is 7.39. The minimum Gasteiger partial charge on any atom is -0.465 e. The van der Waals surface area contributed by atoms with Crippen LogP contribution in [0, 0.1) is 5.41 Å². The Morgan fingerprint density at radius 2 is 1.95 bits per heavy atom. The lowest BCUT2D eigenvalue weighted by molar-refractivity contribution is -0.154. The largest absolute Gasteiger partial charge is 0.465 e. The van der Waals surface area contributed by atoms with Gasteiger partial charge in [0, 0.05) is 19.6 Å². The van der Waals surface area contributed by atoms with Crippen molar-refractivity contribution in [2.75, 3.05) is 46.0 Å². The second kappa shape index (κ2) is 7.75. The fraction of sp³-hybridized carbons (Fsp3) is 0.867. The average molecular weight is 298 g/mol. The molecule has 120 valence electrons. The maximum absolute atomic E-state index is 12.1. The Hall–Kier alpha value is -1.14. The van der Waals surface area contributed by atoms with Crippen molar-refractivity contribution in [2.45, 2.75) is 32.6 Å². The molecule has 2 rings (SSSR count). The number of nitrogens with one attached hydrogen (secondary N) is 1. The van der Waals surface area contributed by atoms with Gasteiger partial charge in [-0.05, 0) is 39.2 Å². The zero-order valence-corrected chi connectivity index (χ0v) is 12.9. The van der Waals surface area contributed by atoms with E-state index in [0.717, 1.165) is 45.7 Å². The Labute approximate surface area is 126 Å². The van der Waals surface area contributed by atoms with Crippen LogP contribution >= 0.6 is 0 Å². The van der Waals surface area contributed by atoms with Crippen LogP contribution in [0.3, 0.4) is 0 Å². The van der Waals surface area contributed by atoms with Crippen molar-refractivity contribution in [2.24, 2.45) is 5.41 Å². The number of hydrogen-bond acceptors (Lipinski definition) is 5. The van der Waals surface area contributed by atoms with E-state index in [0.29, 0.717) is 26.0 Å². The van der Waals surface area contributed by atoms with Gasteiger partial charge in [-0.1, -0.05) is 0 Å². The Morgan fingerprint density at radius 3 is 2.57 bits per heavy atom. The highest BCUT2D eigenvalue weighted by Gasteiger charge is 2.57. The third kappa shape index (κ3) is 4.41. The summed E-state index contributed by atoms with van der Waals surface area (Å²) < 4.78 is 10.3. The SMILES string of the molecule is CCOC(=O)C1(C(=O)NCCCCN2CCOCC2)CC1. The zero-order chi connectivity index (χ0) is 15.1. The molecule has 6 heteroatoms. The first-order valence-electron chi connectivity index (χ1n) is 7.94. The molecule has 1 aliphatic carbocycles. The summed E-state index contributed by atoms with van der Waals surface area (Å²) in [6.07, 6.45) is 3.21. The van der Waals surface area contributed by atoms with Crippen LogP contribution in [0.15, 0.2) is 0 Å². The third-order valence-corrected chi connectivity index (χ3v) is 4.14. The number of morpholine rings is 1.